The maximum atomic E-state index is 12.3. The van der Waals surface area contributed by atoms with Crippen LogP contribution in [0.25, 0.3) is 11.1 Å². The summed E-state index contributed by atoms with van der Waals surface area (Å²) in [4.78, 5) is 35.7. The Hall–Kier alpha value is -3.85. The molecule has 0 amide bonds. The molecular weight excluding hydrogens is 556 g/mol. The average molecular weight is 597 g/mol. The monoisotopic (exact) mass is 596 g/mol. The van der Waals surface area contributed by atoms with Gasteiger partial charge in [0.1, 0.15) is 11.5 Å². The topological polar surface area (TPSA) is 108 Å². The van der Waals surface area contributed by atoms with Crippen molar-refractivity contribution < 1.29 is 38.4 Å². The zero-order valence-electron chi connectivity index (χ0n) is 24.6. The Kier molecular flexibility index (Phi) is 13.4. The summed E-state index contributed by atoms with van der Waals surface area (Å²) < 4.78 is 22.0. The summed E-state index contributed by atoms with van der Waals surface area (Å²) in [5.41, 5.74) is 4.98. The Morgan fingerprint density at radius 1 is 0.857 bits per heavy atom. The van der Waals surface area contributed by atoms with Gasteiger partial charge in [-0.15, -0.1) is 0 Å². The number of aromatic carboxylic acids is 1. The first-order valence-corrected chi connectivity index (χ1v) is 15.4. The molecule has 0 spiro atoms. The standard InChI is InChI=1S/C33H40O8S/c1-4-38-31(34)14-16-41-30-13-10-12-24(28(30)20-32(35)39-5-2)11-8-6-7-9-15-40-27-18-25(17-26(19-27)33(36)37)29-22-42-21-23(29)3/h10,12-13,17-19,21-22H,4-9,11,14-16,20H2,1-3H3,(H,36,37). The van der Waals surface area contributed by atoms with Crippen molar-refractivity contribution in [2.24, 2.45) is 0 Å². The summed E-state index contributed by atoms with van der Waals surface area (Å²) in [6, 6.07) is 10.9. The number of ether oxygens (including phenoxy) is 4. The molecule has 3 aromatic rings. The molecule has 0 aliphatic rings. The van der Waals surface area contributed by atoms with Crippen LogP contribution in [0.1, 0.15) is 73.0 Å². The molecule has 1 aromatic heterocycles. The van der Waals surface area contributed by atoms with Crippen LogP contribution in [0.4, 0.5) is 0 Å². The molecule has 42 heavy (non-hydrogen) atoms. The third kappa shape index (κ3) is 10.2. The highest BCUT2D eigenvalue weighted by molar-refractivity contribution is 7.08. The van der Waals surface area contributed by atoms with E-state index in [9.17, 15) is 19.5 Å². The summed E-state index contributed by atoms with van der Waals surface area (Å²) in [6.45, 7) is 6.83. The van der Waals surface area contributed by atoms with Crippen molar-refractivity contribution in [3.05, 3.63) is 69.4 Å². The Balaban J connectivity index is 1.52. The highest BCUT2D eigenvalue weighted by Crippen LogP contribution is 2.31. The van der Waals surface area contributed by atoms with Gasteiger partial charge in [0, 0.05) is 5.56 Å². The predicted octanol–water partition coefficient (Wildman–Crippen LogP) is 7.04. The van der Waals surface area contributed by atoms with Gasteiger partial charge in [0.25, 0.3) is 0 Å². The van der Waals surface area contributed by atoms with E-state index >= 15 is 0 Å². The number of carbonyl (C=O) groups excluding carboxylic acids is 2. The smallest absolute Gasteiger partial charge is 0.335 e. The van der Waals surface area contributed by atoms with Crippen molar-refractivity contribution in [1.82, 2.24) is 0 Å². The molecular formula is C33H40O8S. The lowest BCUT2D eigenvalue weighted by molar-refractivity contribution is -0.144. The number of carboxylic acid groups (broad SMARTS) is 1. The number of benzene rings is 2. The van der Waals surface area contributed by atoms with Crippen LogP contribution in [0.2, 0.25) is 0 Å². The fourth-order valence-electron chi connectivity index (χ4n) is 4.59. The van der Waals surface area contributed by atoms with Crippen molar-refractivity contribution in [3.63, 3.8) is 0 Å². The van der Waals surface area contributed by atoms with Gasteiger partial charge in [-0.05, 0) is 97.3 Å². The first kappa shape index (κ1) is 32.7. The quantitative estimate of drug-likeness (QED) is 0.123. The second-order valence-corrected chi connectivity index (χ2v) is 10.6. The molecule has 1 heterocycles. The van der Waals surface area contributed by atoms with E-state index in [0.29, 0.717) is 31.3 Å². The zero-order chi connectivity index (χ0) is 30.3. The summed E-state index contributed by atoms with van der Waals surface area (Å²) in [7, 11) is 0. The summed E-state index contributed by atoms with van der Waals surface area (Å²) in [5.74, 6) is -0.484. The highest BCUT2D eigenvalue weighted by atomic mass is 32.1. The largest absolute Gasteiger partial charge is 0.494 e. The van der Waals surface area contributed by atoms with Crippen LogP contribution in [0.5, 0.6) is 11.5 Å². The van der Waals surface area contributed by atoms with Crippen LogP contribution in [0, 0.1) is 6.92 Å². The van der Waals surface area contributed by atoms with Gasteiger partial charge in [0.15, 0.2) is 0 Å². The molecule has 3 rings (SSSR count). The van der Waals surface area contributed by atoms with Gasteiger partial charge in [-0.25, -0.2) is 4.79 Å². The molecule has 0 saturated heterocycles. The van der Waals surface area contributed by atoms with Crippen LogP contribution in [0.15, 0.2) is 47.2 Å². The van der Waals surface area contributed by atoms with Gasteiger partial charge >= 0.3 is 17.9 Å². The Bertz CT molecular complexity index is 1330. The molecule has 0 fully saturated rings. The molecule has 1 N–H and O–H groups in total. The van der Waals surface area contributed by atoms with E-state index in [1.165, 1.54) is 0 Å². The maximum Gasteiger partial charge on any atom is 0.335 e. The lowest BCUT2D eigenvalue weighted by Gasteiger charge is -2.15. The molecule has 0 bridgehead atoms. The Labute approximate surface area is 251 Å². The van der Waals surface area contributed by atoms with Crippen LogP contribution >= 0.6 is 11.3 Å². The van der Waals surface area contributed by atoms with Crippen LogP contribution in [0.3, 0.4) is 0 Å². The Morgan fingerprint density at radius 3 is 2.33 bits per heavy atom. The van der Waals surface area contributed by atoms with E-state index in [-0.39, 0.29) is 37.0 Å². The van der Waals surface area contributed by atoms with Gasteiger partial charge in [-0.3, -0.25) is 9.59 Å². The van der Waals surface area contributed by atoms with Crippen LogP contribution < -0.4 is 9.47 Å². The minimum absolute atomic E-state index is 0.106. The van der Waals surface area contributed by atoms with Gasteiger partial charge in [-0.1, -0.05) is 25.0 Å². The fourth-order valence-corrected chi connectivity index (χ4v) is 5.45. The second-order valence-electron chi connectivity index (χ2n) is 9.81. The van der Waals surface area contributed by atoms with Crippen LogP contribution in [-0.2, 0) is 31.9 Å². The van der Waals surface area contributed by atoms with E-state index in [4.69, 9.17) is 18.9 Å². The SMILES string of the molecule is CCOC(=O)CCOc1cccc(CCCCCCOc2cc(C(=O)O)cc(-c3cscc3C)c2)c1CC(=O)OCC. The van der Waals surface area contributed by atoms with E-state index in [1.807, 2.05) is 41.9 Å². The number of esters is 2. The van der Waals surface area contributed by atoms with E-state index < -0.39 is 5.97 Å². The number of carboxylic acids is 1. The first-order chi connectivity index (χ1) is 20.3. The number of carbonyl (C=O) groups is 3. The molecule has 0 atom stereocenters. The minimum atomic E-state index is -0.981. The summed E-state index contributed by atoms with van der Waals surface area (Å²) in [5, 5.41) is 13.6. The molecule has 0 saturated carbocycles. The van der Waals surface area contributed by atoms with Gasteiger partial charge in [0.2, 0.25) is 0 Å². The fraction of sp³-hybridized carbons (Fsp3) is 0.424. The Morgan fingerprint density at radius 2 is 1.62 bits per heavy atom. The number of aryl methyl sites for hydroxylation is 2. The van der Waals surface area contributed by atoms with Crippen molar-refractivity contribution in [1.29, 1.82) is 0 Å². The molecule has 0 aliphatic heterocycles. The summed E-state index contributed by atoms with van der Waals surface area (Å²) >= 11 is 1.59. The van der Waals surface area contributed by atoms with Crippen molar-refractivity contribution >= 4 is 29.2 Å². The third-order valence-corrected chi connectivity index (χ3v) is 7.52. The molecule has 0 aliphatic carbocycles. The average Bonchev–Trinajstić information content (AvgIpc) is 3.39. The number of rotatable bonds is 18. The van der Waals surface area contributed by atoms with Gasteiger partial charge in [-0.2, -0.15) is 11.3 Å². The van der Waals surface area contributed by atoms with Crippen molar-refractivity contribution in [3.8, 4) is 22.6 Å². The van der Waals surface area contributed by atoms with E-state index in [1.54, 1.807) is 37.3 Å². The van der Waals surface area contributed by atoms with Gasteiger partial charge in [0.05, 0.1) is 44.8 Å². The second kappa shape index (κ2) is 17.2. The molecule has 226 valence electrons. The molecule has 9 heteroatoms. The molecule has 8 nitrogen and oxygen atoms in total. The highest BCUT2D eigenvalue weighted by Gasteiger charge is 2.16. The number of hydrogen-bond donors (Lipinski definition) is 1. The number of thiophene rings is 1. The summed E-state index contributed by atoms with van der Waals surface area (Å²) in [6.07, 6.45) is 4.66. The lowest BCUT2D eigenvalue weighted by atomic mass is 9.98. The first-order valence-electron chi connectivity index (χ1n) is 14.4. The maximum absolute atomic E-state index is 12.3. The third-order valence-electron chi connectivity index (χ3n) is 6.65. The van der Waals surface area contributed by atoms with Gasteiger partial charge < -0.3 is 24.1 Å². The van der Waals surface area contributed by atoms with Crippen molar-refractivity contribution in [2.45, 2.75) is 65.7 Å². The molecule has 0 radical (unpaired) electrons. The van der Waals surface area contributed by atoms with E-state index in [2.05, 4.69) is 0 Å². The van der Waals surface area contributed by atoms with Crippen LogP contribution in [-0.4, -0.2) is 49.4 Å². The zero-order valence-corrected chi connectivity index (χ0v) is 25.4. The number of unbranched alkanes of at least 4 members (excludes halogenated alkanes) is 3. The predicted molar refractivity (Wildman–Crippen MR) is 163 cm³/mol. The minimum Gasteiger partial charge on any atom is -0.494 e. The molecule has 0 unspecified atom stereocenters. The van der Waals surface area contributed by atoms with E-state index in [0.717, 1.165) is 59.9 Å². The normalized spacial score (nSPS) is 10.7. The lowest BCUT2D eigenvalue weighted by Crippen LogP contribution is -2.13. The number of hydrogen-bond acceptors (Lipinski definition) is 8. The van der Waals surface area contributed by atoms with Crippen molar-refractivity contribution in [2.75, 3.05) is 26.4 Å². The molecule has 2 aromatic carbocycles.